The topological polar surface area (TPSA) is 50.7 Å². The van der Waals surface area contributed by atoms with Crippen LogP contribution in [0.4, 0.5) is 0 Å². The summed E-state index contributed by atoms with van der Waals surface area (Å²) in [6.45, 7) is 0.974. The molecule has 0 aromatic rings. The molecule has 0 radical (unpaired) electrons. The van der Waals surface area contributed by atoms with Gasteiger partial charge in [-0.25, -0.2) is 0 Å². The maximum Gasteiger partial charge on any atom is 0.101 e. The Labute approximate surface area is 72.9 Å². The monoisotopic (exact) mass is 175 g/mol. The Balaban J connectivity index is 2.52. The highest BCUT2D eigenvalue weighted by Gasteiger charge is 2.32. The van der Waals surface area contributed by atoms with Crippen molar-refractivity contribution in [1.82, 2.24) is 5.32 Å². The molecule has 0 bridgehead atoms. The van der Waals surface area contributed by atoms with E-state index in [4.69, 9.17) is 14.6 Å². The van der Waals surface area contributed by atoms with Crippen molar-refractivity contribution < 1.29 is 14.6 Å². The summed E-state index contributed by atoms with van der Waals surface area (Å²) in [4.78, 5) is 0. The van der Waals surface area contributed by atoms with Crippen LogP contribution < -0.4 is 5.32 Å². The van der Waals surface area contributed by atoms with Crippen molar-refractivity contribution in [1.29, 1.82) is 0 Å². The van der Waals surface area contributed by atoms with Gasteiger partial charge in [0.05, 0.1) is 18.8 Å². The number of hydrogen-bond donors (Lipinski definition) is 2. The minimum Gasteiger partial charge on any atom is -0.395 e. The maximum absolute atomic E-state index is 9.01. The van der Waals surface area contributed by atoms with E-state index in [1.807, 2.05) is 0 Å². The SMILES string of the molecule is COC1CCNC(CO)C1OC. The zero-order valence-corrected chi connectivity index (χ0v) is 7.62. The van der Waals surface area contributed by atoms with Crippen LogP contribution in [0.15, 0.2) is 0 Å². The van der Waals surface area contributed by atoms with E-state index in [1.165, 1.54) is 0 Å². The van der Waals surface area contributed by atoms with E-state index in [0.29, 0.717) is 0 Å². The smallest absolute Gasteiger partial charge is 0.101 e. The number of piperidine rings is 1. The Morgan fingerprint density at radius 1 is 1.42 bits per heavy atom. The lowest BCUT2D eigenvalue weighted by Crippen LogP contribution is -2.55. The van der Waals surface area contributed by atoms with Crippen molar-refractivity contribution >= 4 is 0 Å². The van der Waals surface area contributed by atoms with Crippen molar-refractivity contribution in [2.45, 2.75) is 24.7 Å². The molecule has 1 rings (SSSR count). The van der Waals surface area contributed by atoms with Crippen molar-refractivity contribution in [3.63, 3.8) is 0 Å². The van der Waals surface area contributed by atoms with Crippen LogP contribution in [0.3, 0.4) is 0 Å². The van der Waals surface area contributed by atoms with E-state index in [1.54, 1.807) is 14.2 Å². The molecule has 1 saturated heterocycles. The van der Waals surface area contributed by atoms with E-state index in [0.717, 1.165) is 13.0 Å². The van der Waals surface area contributed by atoms with Crippen LogP contribution >= 0.6 is 0 Å². The first kappa shape index (κ1) is 9.92. The van der Waals surface area contributed by atoms with Gasteiger partial charge >= 0.3 is 0 Å². The van der Waals surface area contributed by atoms with Gasteiger partial charge < -0.3 is 19.9 Å². The molecule has 0 aliphatic carbocycles. The Hall–Kier alpha value is -0.160. The number of hydrogen-bond acceptors (Lipinski definition) is 4. The second-order valence-corrected chi connectivity index (χ2v) is 3.01. The molecule has 3 atom stereocenters. The summed E-state index contributed by atoms with van der Waals surface area (Å²) in [5, 5.41) is 12.2. The number of aliphatic hydroxyl groups excluding tert-OH is 1. The van der Waals surface area contributed by atoms with Gasteiger partial charge in [0.15, 0.2) is 0 Å². The van der Waals surface area contributed by atoms with Gasteiger partial charge in [-0.2, -0.15) is 0 Å². The molecule has 0 spiro atoms. The Morgan fingerprint density at radius 2 is 2.17 bits per heavy atom. The number of nitrogens with one attached hydrogen (secondary N) is 1. The molecule has 0 aromatic carbocycles. The maximum atomic E-state index is 9.01. The largest absolute Gasteiger partial charge is 0.395 e. The van der Waals surface area contributed by atoms with Gasteiger partial charge in [-0.3, -0.25) is 0 Å². The second-order valence-electron chi connectivity index (χ2n) is 3.01. The highest BCUT2D eigenvalue weighted by molar-refractivity contribution is 4.88. The summed E-state index contributed by atoms with van der Waals surface area (Å²) in [6, 6.07) is 0.00806. The molecule has 0 amide bonds. The normalized spacial score (nSPS) is 36.8. The average molecular weight is 175 g/mol. The number of ether oxygens (including phenoxy) is 2. The van der Waals surface area contributed by atoms with Gasteiger partial charge in [0.2, 0.25) is 0 Å². The highest BCUT2D eigenvalue weighted by Crippen LogP contribution is 2.15. The molecule has 0 aromatic heterocycles. The zero-order valence-electron chi connectivity index (χ0n) is 7.62. The fourth-order valence-electron chi connectivity index (χ4n) is 1.69. The molecular formula is C8H17NO3. The molecule has 1 fully saturated rings. The Kier molecular flexibility index (Phi) is 3.94. The van der Waals surface area contributed by atoms with E-state index < -0.39 is 0 Å². The molecule has 2 N–H and O–H groups in total. The summed E-state index contributed by atoms with van der Waals surface area (Å²) in [5.41, 5.74) is 0. The lowest BCUT2D eigenvalue weighted by molar-refractivity contribution is -0.0797. The molecule has 4 nitrogen and oxygen atoms in total. The lowest BCUT2D eigenvalue weighted by atomic mass is 9.98. The van der Waals surface area contributed by atoms with Crippen LogP contribution in [-0.4, -0.2) is 50.7 Å². The van der Waals surface area contributed by atoms with Gasteiger partial charge in [-0.05, 0) is 13.0 Å². The third-order valence-electron chi connectivity index (χ3n) is 2.37. The number of methoxy groups -OCH3 is 2. The first-order chi connectivity index (χ1) is 5.83. The Bertz CT molecular complexity index is 119. The van der Waals surface area contributed by atoms with Crippen molar-refractivity contribution in [3.05, 3.63) is 0 Å². The minimum absolute atomic E-state index is 0.00806. The molecule has 3 unspecified atom stereocenters. The van der Waals surface area contributed by atoms with Crippen LogP contribution in [-0.2, 0) is 9.47 Å². The van der Waals surface area contributed by atoms with E-state index in [9.17, 15) is 0 Å². The minimum atomic E-state index is -0.0336. The first-order valence-corrected chi connectivity index (χ1v) is 4.23. The predicted octanol–water partition coefficient (Wildman–Crippen LogP) is -0.629. The Morgan fingerprint density at radius 3 is 2.67 bits per heavy atom. The molecular weight excluding hydrogens is 158 g/mol. The molecule has 12 heavy (non-hydrogen) atoms. The third-order valence-corrected chi connectivity index (χ3v) is 2.37. The third kappa shape index (κ3) is 1.95. The summed E-state index contributed by atoms with van der Waals surface area (Å²) < 4.78 is 10.5. The molecule has 1 aliphatic rings. The zero-order chi connectivity index (χ0) is 8.97. The summed E-state index contributed by atoms with van der Waals surface area (Å²) in [7, 11) is 3.32. The van der Waals surface area contributed by atoms with Gasteiger partial charge in [0.25, 0.3) is 0 Å². The van der Waals surface area contributed by atoms with E-state index >= 15 is 0 Å². The fraction of sp³-hybridized carbons (Fsp3) is 1.00. The fourth-order valence-corrected chi connectivity index (χ4v) is 1.69. The van der Waals surface area contributed by atoms with Crippen LogP contribution in [0.25, 0.3) is 0 Å². The molecule has 1 heterocycles. The van der Waals surface area contributed by atoms with Crippen LogP contribution in [0, 0.1) is 0 Å². The number of rotatable bonds is 3. The molecule has 72 valence electrons. The quantitative estimate of drug-likeness (QED) is 0.599. The highest BCUT2D eigenvalue weighted by atomic mass is 16.5. The van der Waals surface area contributed by atoms with Gasteiger partial charge in [-0.1, -0.05) is 0 Å². The van der Waals surface area contributed by atoms with E-state index in [-0.39, 0.29) is 24.9 Å². The van der Waals surface area contributed by atoms with Gasteiger partial charge in [0, 0.05) is 14.2 Å². The summed E-state index contributed by atoms with van der Waals surface area (Å²) >= 11 is 0. The summed E-state index contributed by atoms with van der Waals surface area (Å²) in [6.07, 6.45) is 1.01. The molecule has 0 saturated carbocycles. The van der Waals surface area contributed by atoms with Crippen LogP contribution in [0.5, 0.6) is 0 Å². The van der Waals surface area contributed by atoms with Gasteiger partial charge in [-0.15, -0.1) is 0 Å². The van der Waals surface area contributed by atoms with Gasteiger partial charge in [0.1, 0.15) is 6.10 Å². The van der Waals surface area contributed by atoms with Crippen molar-refractivity contribution in [2.24, 2.45) is 0 Å². The van der Waals surface area contributed by atoms with E-state index in [2.05, 4.69) is 5.32 Å². The van der Waals surface area contributed by atoms with Crippen LogP contribution in [0.1, 0.15) is 6.42 Å². The average Bonchev–Trinajstić information content (AvgIpc) is 2.16. The second kappa shape index (κ2) is 4.77. The lowest BCUT2D eigenvalue weighted by Gasteiger charge is -2.36. The van der Waals surface area contributed by atoms with Crippen LogP contribution in [0.2, 0.25) is 0 Å². The standard InChI is InChI=1S/C8H17NO3/c1-11-7-3-4-9-6(5-10)8(7)12-2/h6-10H,3-5H2,1-2H3. The predicted molar refractivity (Wildman–Crippen MR) is 45.1 cm³/mol. The summed E-state index contributed by atoms with van der Waals surface area (Å²) in [5.74, 6) is 0. The number of aliphatic hydroxyl groups is 1. The first-order valence-electron chi connectivity index (χ1n) is 4.23. The molecule has 4 heteroatoms. The van der Waals surface area contributed by atoms with Crippen molar-refractivity contribution in [3.8, 4) is 0 Å². The molecule has 1 aliphatic heterocycles. The van der Waals surface area contributed by atoms with Crippen molar-refractivity contribution in [2.75, 3.05) is 27.4 Å².